The lowest BCUT2D eigenvalue weighted by molar-refractivity contribution is -0.138. The van der Waals surface area contributed by atoms with Crippen LogP contribution in [0.25, 0.3) is 0 Å². The lowest BCUT2D eigenvalue weighted by Gasteiger charge is -2.07. The predicted octanol–water partition coefficient (Wildman–Crippen LogP) is 1.22. The largest absolute Gasteiger partial charge is 0.480 e. The Kier molecular flexibility index (Phi) is 2.63. The summed E-state index contributed by atoms with van der Waals surface area (Å²) in [6.45, 7) is 1.72. The Labute approximate surface area is 75.0 Å². The highest BCUT2D eigenvalue weighted by atomic mass is 19.1. The van der Waals surface area contributed by atoms with Gasteiger partial charge in [-0.25, -0.2) is 4.39 Å². The van der Waals surface area contributed by atoms with Crippen LogP contribution in [0.4, 0.5) is 4.39 Å². The molecule has 0 amide bonds. The van der Waals surface area contributed by atoms with Crippen LogP contribution < -0.4 is 5.73 Å². The summed E-state index contributed by atoms with van der Waals surface area (Å²) in [5, 5.41) is 8.54. The minimum Gasteiger partial charge on any atom is -0.480 e. The molecule has 3 nitrogen and oxygen atoms in total. The van der Waals surface area contributed by atoms with Crippen LogP contribution in [-0.2, 0) is 4.79 Å². The fraction of sp³-hybridized carbons (Fsp3) is 0.222. The van der Waals surface area contributed by atoms with Gasteiger partial charge in [0, 0.05) is 5.56 Å². The molecule has 1 aromatic rings. The van der Waals surface area contributed by atoms with Crippen molar-refractivity contribution in [2.24, 2.45) is 5.73 Å². The van der Waals surface area contributed by atoms with Gasteiger partial charge in [0.15, 0.2) is 0 Å². The van der Waals surface area contributed by atoms with Crippen molar-refractivity contribution in [2.45, 2.75) is 13.0 Å². The Morgan fingerprint density at radius 3 is 2.69 bits per heavy atom. The lowest BCUT2D eigenvalue weighted by atomic mass is 10.1. The molecule has 70 valence electrons. The predicted molar refractivity (Wildman–Crippen MR) is 45.7 cm³/mol. The summed E-state index contributed by atoms with van der Waals surface area (Å²) in [7, 11) is 0. The van der Waals surface area contributed by atoms with Gasteiger partial charge in [-0.15, -0.1) is 0 Å². The molecule has 0 bridgehead atoms. The zero-order valence-corrected chi connectivity index (χ0v) is 7.12. The van der Waals surface area contributed by atoms with Gasteiger partial charge in [-0.2, -0.15) is 0 Å². The maximum Gasteiger partial charge on any atom is 0.325 e. The first-order chi connectivity index (χ1) is 6.02. The average molecular weight is 183 g/mol. The van der Waals surface area contributed by atoms with Crippen molar-refractivity contribution in [1.29, 1.82) is 0 Å². The third kappa shape index (κ3) is 2.03. The second kappa shape index (κ2) is 3.53. The molecule has 0 aliphatic rings. The van der Waals surface area contributed by atoms with Crippen molar-refractivity contribution in [2.75, 3.05) is 0 Å². The summed E-state index contributed by atoms with van der Waals surface area (Å²) in [6, 6.07) is 2.99. The van der Waals surface area contributed by atoms with E-state index in [0.29, 0.717) is 0 Å². The molecule has 0 heterocycles. The van der Waals surface area contributed by atoms with E-state index in [9.17, 15) is 9.18 Å². The van der Waals surface area contributed by atoms with E-state index < -0.39 is 17.8 Å². The summed E-state index contributed by atoms with van der Waals surface area (Å²) >= 11 is 0. The van der Waals surface area contributed by atoms with Crippen LogP contribution in [0.3, 0.4) is 0 Å². The number of rotatable bonds is 2. The Bertz CT molecular complexity index is 338. The zero-order chi connectivity index (χ0) is 10.0. The summed E-state index contributed by atoms with van der Waals surface area (Å²) in [4.78, 5) is 10.4. The highest BCUT2D eigenvalue weighted by molar-refractivity contribution is 5.75. The molecule has 0 fully saturated rings. The number of halogens is 1. The molecule has 1 atom stereocenters. The van der Waals surface area contributed by atoms with Crippen molar-refractivity contribution in [3.05, 3.63) is 35.1 Å². The molecule has 0 spiro atoms. The van der Waals surface area contributed by atoms with Crippen LogP contribution in [0, 0.1) is 12.7 Å². The third-order valence-electron chi connectivity index (χ3n) is 1.76. The number of aryl methyl sites for hydroxylation is 1. The number of nitrogens with two attached hydrogens (primary N) is 1. The van der Waals surface area contributed by atoms with Crippen LogP contribution in [0.2, 0.25) is 0 Å². The molecule has 0 aromatic heterocycles. The second-order valence-corrected chi connectivity index (χ2v) is 2.84. The fourth-order valence-corrected chi connectivity index (χ4v) is 1.02. The molecule has 1 rings (SSSR count). The van der Waals surface area contributed by atoms with E-state index in [1.54, 1.807) is 13.0 Å². The molecular formula is C9H10FNO2. The highest BCUT2D eigenvalue weighted by Crippen LogP contribution is 2.16. The van der Waals surface area contributed by atoms with Gasteiger partial charge in [-0.1, -0.05) is 12.1 Å². The maximum absolute atomic E-state index is 13.1. The van der Waals surface area contributed by atoms with Gasteiger partial charge in [0.05, 0.1) is 0 Å². The van der Waals surface area contributed by atoms with Gasteiger partial charge < -0.3 is 10.8 Å². The topological polar surface area (TPSA) is 63.3 Å². The number of aliphatic carboxylic acids is 1. The van der Waals surface area contributed by atoms with Crippen molar-refractivity contribution >= 4 is 5.97 Å². The maximum atomic E-state index is 13.1. The quantitative estimate of drug-likeness (QED) is 0.724. The zero-order valence-electron chi connectivity index (χ0n) is 7.12. The molecule has 3 N–H and O–H groups in total. The Morgan fingerprint density at radius 2 is 2.23 bits per heavy atom. The van der Waals surface area contributed by atoms with Crippen LogP contribution in [0.1, 0.15) is 17.2 Å². The number of carboxylic acids is 1. The van der Waals surface area contributed by atoms with Crippen molar-refractivity contribution < 1.29 is 14.3 Å². The van der Waals surface area contributed by atoms with Crippen LogP contribution >= 0.6 is 0 Å². The van der Waals surface area contributed by atoms with E-state index >= 15 is 0 Å². The fourth-order valence-electron chi connectivity index (χ4n) is 1.02. The Morgan fingerprint density at radius 1 is 1.62 bits per heavy atom. The summed E-state index contributed by atoms with van der Waals surface area (Å²) in [5.41, 5.74) is 6.00. The average Bonchev–Trinajstić information content (AvgIpc) is 2.03. The molecular weight excluding hydrogens is 173 g/mol. The number of hydrogen-bond acceptors (Lipinski definition) is 2. The third-order valence-corrected chi connectivity index (χ3v) is 1.76. The van der Waals surface area contributed by atoms with Crippen LogP contribution in [0.5, 0.6) is 0 Å². The van der Waals surface area contributed by atoms with Gasteiger partial charge in [-0.3, -0.25) is 4.79 Å². The van der Waals surface area contributed by atoms with Gasteiger partial charge in [0.2, 0.25) is 0 Å². The van der Waals surface area contributed by atoms with E-state index in [0.717, 1.165) is 5.56 Å². The Balaban J connectivity index is 3.08. The molecule has 0 aliphatic heterocycles. The molecule has 0 radical (unpaired) electrons. The molecule has 1 aromatic carbocycles. The molecule has 0 saturated heterocycles. The van der Waals surface area contributed by atoms with Gasteiger partial charge in [0.25, 0.3) is 0 Å². The van der Waals surface area contributed by atoms with Crippen molar-refractivity contribution in [3.63, 3.8) is 0 Å². The van der Waals surface area contributed by atoms with Crippen LogP contribution in [0.15, 0.2) is 18.2 Å². The SMILES string of the molecule is Cc1ccc([C@H](N)C(=O)O)c(F)c1. The normalized spacial score (nSPS) is 12.5. The van der Waals surface area contributed by atoms with Gasteiger partial charge in [0.1, 0.15) is 11.9 Å². The molecule has 0 aliphatic carbocycles. The van der Waals surface area contributed by atoms with Crippen molar-refractivity contribution in [3.8, 4) is 0 Å². The number of benzene rings is 1. The van der Waals surface area contributed by atoms with E-state index in [4.69, 9.17) is 10.8 Å². The number of carbonyl (C=O) groups is 1. The monoisotopic (exact) mass is 183 g/mol. The first kappa shape index (κ1) is 9.67. The minimum atomic E-state index is -1.29. The summed E-state index contributed by atoms with van der Waals surface area (Å²) in [5.74, 6) is -1.81. The van der Waals surface area contributed by atoms with E-state index in [2.05, 4.69) is 0 Å². The minimum absolute atomic E-state index is 0.0121. The van der Waals surface area contributed by atoms with E-state index in [1.807, 2.05) is 0 Å². The van der Waals surface area contributed by atoms with Gasteiger partial charge in [-0.05, 0) is 18.6 Å². The standard InChI is InChI=1S/C9H10FNO2/c1-5-2-3-6(7(10)4-5)8(11)9(12)13/h2-4,8H,11H2,1H3,(H,12,13)/t8-/m0/s1. The highest BCUT2D eigenvalue weighted by Gasteiger charge is 2.17. The second-order valence-electron chi connectivity index (χ2n) is 2.84. The lowest BCUT2D eigenvalue weighted by Crippen LogP contribution is -2.21. The van der Waals surface area contributed by atoms with E-state index in [1.165, 1.54) is 12.1 Å². The molecule has 13 heavy (non-hydrogen) atoms. The molecule has 0 saturated carbocycles. The first-order valence-corrected chi connectivity index (χ1v) is 3.77. The van der Waals surface area contributed by atoms with E-state index in [-0.39, 0.29) is 5.56 Å². The number of hydrogen-bond donors (Lipinski definition) is 2. The number of carboxylic acid groups (broad SMARTS) is 1. The smallest absolute Gasteiger partial charge is 0.325 e. The summed E-state index contributed by atoms with van der Waals surface area (Å²) in [6.07, 6.45) is 0. The van der Waals surface area contributed by atoms with Crippen LogP contribution in [-0.4, -0.2) is 11.1 Å². The molecule has 0 unspecified atom stereocenters. The molecule has 4 heteroatoms. The first-order valence-electron chi connectivity index (χ1n) is 3.77. The summed E-state index contributed by atoms with van der Waals surface area (Å²) < 4.78 is 13.1. The Hall–Kier alpha value is -1.42. The van der Waals surface area contributed by atoms with Crippen molar-refractivity contribution in [1.82, 2.24) is 0 Å². The van der Waals surface area contributed by atoms with Gasteiger partial charge >= 0.3 is 5.97 Å².